The molecule has 5 rings (SSSR count). The van der Waals surface area contributed by atoms with Crippen molar-refractivity contribution in [2.24, 2.45) is 5.10 Å². The van der Waals surface area contributed by atoms with Gasteiger partial charge in [0.15, 0.2) is 0 Å². The van der Waals surface area contributed by atoms with Gasteiger partial charge in [0, 0.05) is 17.7 Å². The van der Waals surface area contributed by atoms with Gasteiger partial charge in [0.05, 0.1) is 16.7 Å². The van der Waals surface area contributed by atoms with E-state index in [9.17, 15) is 20.0 Å². The fourth-order valence-electron chi connectivity index (χ4n) is 4.08. The average Bonchev–Trinajstić information content (AvgIpc) is 2.92. The Morgan fingerprint density at radius 2 is 1.65 bits per heavy atom. The highest BCUT2D eigenvalue weighted by molar-refractivity contribution is 6.04. The molecule has 0 bridgehead atoms. The Morgan fingerprint density at radius 1 is 0.919 bits per heavy atom. The van der Waals surface area contributed by atoms with Crippen molar-refractivity contribution >= 4 is 39.4 Å². The minimum absolute atomic E-state index is 0.0129. The first-order valence-electron chi connectivity index (χ1n) is 11.4. The van der Waals surface area contributed by atoms with E-state index in [1.165, 1.54) is 18.3 Å². The molecular formula is C29H21N3O5. The predicted molar refractivity (Wildman–Crippen MR) is 142 cm³/mol. The van der Waals surface area contributed by atoms with E-state index in [-0.39, 0.29) is 23.6 Å². The molecule has 182 valence electrons. The first-order chi connectivity index (χ1) is 18.0. The number of benzene rings is 5. The van der Waals surface area contributed by atoms with Crippen LogP contribution in [0.4, 0.5) is 5.69 Å². The van der Waals surface area contributed by atoms with Gasteiger partial charge >= 0.3 is 0 Å². The number of hydrazone groups is 1. The lowest BCUT2D eigenvalue weighted by molar-refractivity contribution is -0.384. The van der Waals surface area contributed by atoms with Gasteiger partial charge < -0.3 is 9.84 Å². The van der Waals surface area contributed by atoms with Crippen LogP contribution >= 0.6 is 0 Å². The minimum Gasteiger partial charge on any atom is -0.507 e. The fraction of sp³-hybridized carbons (Fsp3) is 0.0345. The van der Waals surface area contributed by atoms with Crippen molar-refractivity contribution in [1.82, 2.24) is 5.43 Å². The summed E-state index contributed by atoms with van der Waals surface area (Å²) in [6.07, 6.45) is 1.49. The van der Waals surface area contributed by atoms with Gasteiger partial charge in [0.25, 0.3) is 11.6 Å². The normalized spacial score (nSPS) is 11.1. The molecule has 0 spiro atoms. The summed E-state index contributed by atoms with van der Waals surface area (Å²) in [7, 11) is 0. The Labute approximate surface area is 211 Å². The molecule has 5 aromatic rings. The average molecular weight is 492 g/mol. The topological polar surface area (TPSA) is 114 Å². The molecule has 0 saturated heterocycles. The van der Waals surface area contributed by atoms with E-state index in [4.69, 9.17) is 4.74 Å². The maximum Gasteiger partial charge on any atom is 0.275 e. The number of phenolic OH excluding ortho intramolecular Hbond substituents is 1. The first-order valence-corrected chi connectivity index (χ1v) is 11.4. The lowest BCUT2D eigenvalue weighted by Gasteiger charge is -2.12. The molecule has 8 nitrogen and oxygen atoms in total. The number of aromatic hydroxyl groups is 1. The second-order valence-electron chi connectivity index (χ2n) is 8.33. The molecule has 1 amide bonds. The maximum atomic E-state index is 12.8. The zero-order valence-corrected chi connectivity index (χ0v) is 19.5. The number of hydrogen-bond donors (Lipinski definition) is 2. The summed E-state index contributed by atoms with van der Waals surface area (Å²) in [6, 6.07) is 28.2. The van der Waals surface area contributed by atoms with E-state index >= 15 is 0 Å². The molecule has 0 aromatic heterocycles. The van der Waals surface area contributed by atoms with Crippen LogP contribution in [-0.4, -0.2) is 22.2 Å². The second kappa shape index (κ2) is 10.2. The largest absolute Gasteiger partial charge is 0.507 e. The molecule has 5 aromatic carbocycles. The van der Waals surface area contributed by atoms with Gasteiger partial charge in [-0.3, -0.25) is 14.9 Å². The Bertz CT molecular complexity index is 1680. The number of carbonyl (C=O) groups is 1. The Balaban J connectivity index is 1.40. The molecule has 0 radical (unpaired) electrons. The van der Waals surface area contributed by atoms with Crippen molar-refractivity contribution in [3.05, 3.63) is 124 Å². The number of nitro benzene ring substituents is 1. The predicted octanol–water partition coefficient (Wildman–Crippen LogP) is 5.95. The van der Waals surface area contributed by atoms with E-state index in [2.05, 4.69) is 10.5 Å². The van der Waals surface area contributed by atoms with Crippen molar-refractivity contribution in [3.63, 3.8) is 0 Å². The molecule has 2 N–H and O–H groups in total. The number of nitrogens with one attached hydrogen (secondary N) is 1. The van der Waals surface area contributed by atoms with Crippen LogP contribution in [0, 0.1) is 10.1 Å². The molecule has 0 fully saturated rings. The third-order valence-electron chi connectivity index (χ3n) is 5.91. The molecule has 0 atom stereocenters. The van der Waals surface area contributed by atoms with Crippen LogP contribution in [0.3, 0.4) is 0 Å². The Hall–Kier alpha value is -5.24. The summed E-state index contributed by atoms with van der Waals surface area (Å²) < 4.78 is 6.01. The van der Waals surface area contributed by atoms with Gasteiger partial charge in [-0.05, 0) is 45.3 Å². The maximum absolute atomic E-state index is 12.8. The molecule has 8 heteroatoms. The molecule has 37 heavy (non-hydrogen) atoms. The number of non-ortho nitro benzene ring substituents is 1. The zero-order chi connectivity index (χ0) is 25.8. The highest BCUT2D eigenvalue weighted by Gasteiger charge is 2.13. The van der Waals surface area contributed by atoms with E-state index in [0.717, 1.165) is 21.5 Å². The van der Waals surface area contributed by atoms with Crippen molar-refractivity contribution in [2.75, 3.05) is 0 Å². The summed E-state index contributed by atoms with van der Waals surface area (Å²) >= 11 is 0. The number of amides is 1. The van der Waals surface area contributed by atoms with E-state index in [0.29, 0.717) is 16.9 Å². The van der Waals surface area contributed by atoms with Crippen LogP contribution in [0.15, 0.2) is 102 Å². The van der Waals surface area contributed by atoms with E-state index in [1.807, 2.05) is 54.6 Å². The summed E-state index contributed by atoms with van der Waals surface area (Å²) in [5.41, 5.74) is 3.85. The highest BCUT2D eigenvalue weighted by Crippen LogP contribution is 2.28. The third-order valence-corrected chi connectivity index (χ3v) is 5.91. The molecular weight excluding hydrogens is 470 g/mol. The van der Waals surface area contributed by atoms with Gasteiger partial charge in [0.1, 0.15) is 18.1 Å². The number of phenols is 1. The molecule has 0 aliphatic rings. The summed E-state index contributed by atoms with van der Waals surface area (Å²) in [5.74, 6) is -0.201. The first kappa shape index (κ1) is 23.5. The second-order valence-corrected chi connectivity index (χ2v) is 8.33. The summed E-state index contributed by atoms with van der Waals surface area (Å²) in [6.45, 7) is 0.109. The van der Waals surface area contributed by atoms with Crippen molar-refractivity contribution in [1.29, 1.82) is 0 Å². The van der Waals surface area contributed by atoms with Crippen molar-refractivity contribution in [2.45, 2.75) is 6.61 Å². The van der Waals surface area contributed by atoms with E-state index < -0.39 is 10.8 Å². The van der Waals surface area contributed by atoms with Gasteiger partial charge in [0.2, 0.25) is 0 Å². The van der Waals surface area contributed by atoms with Crippen LogP contribution in [0.5, 0.6) is 11.5 Å². The summed E-state index contributed by atoms with van der Waals surface area (Å²) in [4.78, 5) is 23.4. The van der Waals surface area contributed by atoms with Gasteiger partial charge in [-0.25, -0.2) is 5.43 Å². The van der Waals surface area contributed by atoms with Crippen LogP contribution in [0.25, 0.3) is 21.5 Å². The number of nitro groups is 1. The lowest BCUT2D eigenvalue weighted by Crippen LogP contribution is -2.17. The van der Waals surface area contributed by atoms with Crippen LogP contribution in [0.2, 0.25) is 0 Å². The Morgan fingerprint density at radius 3 is 2.43 bits per heavy atom. The van der Waals surface area contributed by atoms with Crippen LogP contribution in [0.1, 0.15) is 21.5 Å². The molecule has 0 aliphatic heterocycles. The van der Waals surface area contributed by atoms with Gasteiger partial charge in [-0.1, -0.05) is 66.7 Å². The van der Waals surface area contributed by atoms with Crippen LogP contribution < -0.4 is 10.2 Å². The van der Waals surface area contributed by atoms with Crippen molar-refractivity contribution < 1.29 is 19.6 Å². The smallest absolute Gasteiger partial charge is 0.275 e. The third kappa shape index (κ3) is 5.08. The molecule has 0 aliphatic carbocycles. The quantitative estimate of drug-likeness (QED) is 0.166. The number of rotatable bonds is 7. The minimum atomic E-state index is -0.557. The SMILES string of the molecule is O=C(NN=Cc1c(OCc2cccc([N+](=O)[O-])c2)ccc2ccccc12)c1cc2ccccc2cc1O. The lowest BCUT2D eigenvalue weighted by atomic mass is 10.0. The zero-order valence-electron chi connectivity index (χ0n) is 19.5. The Kier molecular flexibility index (Phi) is 6.46. The highest BCUT2D eigenvalue weighted by atomic mass is 16.6. The van der Waals surface area contributed by atoms with E-state index in [1.54, 1.807) is 30.3 Å². The number of carbonyl (C=O) groups excluding carboxylic acids is 1. The molecule has 0 unspecified atom stereocenters. The monoisotopic (exact) mass is 491 g/mol. The van der Waals surface area contributed by atoms with Gasteiger partial charge in [-0.15, -0.1) is 0 Å². The number of fused-ring (bicyclic) bond motifs is 2. The van der Waals surface area contributed by atoms with Crippen molar-refractivity contribution in [3.8, 4) is 11.5 Å². The standard InChI is InChI=1S/C29H21N3O5/c33-27-16-22-9-2-1-8-21(22)15-25(27)29(34)31-30-17-26-24-11-4-3-7-20(24)12-13-28(26)37-18-19-6-5-10-23(14-19)32(35)36/h1-17,33H,18H2,(H,31,34). The fourth-order valence-corrected chi connectivity index (χ4v) is 4.08. The van der Waals surface area contributed by atoms with Gasteiger partial charge in [-0.2, -0.15) is 5.10 Å². The number of ether oxygens (including phenoxy) is 1. The van der Waals surface area contributed by atoms with Crippen LogP contribution in [-0.2, 0) is 6.61 Å². The molecule has 0 saturated carbocycles. The number of hydrogen-bond acceptors (Lipinski definition) is 6. The summed E-state index contributed by atoms with van der Waals surface area (Å²) in [5, 5.41) is 29.0. The molecule has 0 heterocycles. The number of nitrogens with zero attached hydrogens (tertiary/aromatic N) is 2.